The van der Waals surface area contributed by atoms with Gasteiger partial charge in [-0.1, -0.05) is 60.7 Å². The lowest BCUT2D eigenvalue weighted by molar-refractivity contribution is 0.0125. The average molecular weight is 408 g/mol. The summed E-state index contributed by atoms with van der Waals surface area (Å²) in [5.74, 6) is -0.269. The van der Waals surface area contributed by atoms with Gasteiger partial charge in [0.2, 0.25) is 9.05 Å². The van der Waals surface area contributed by atoms with E-state index in [0.717, 1.165) is 17.5 Å². The molecular weight excluding hydrogens is 386 g/mol. The molecule has 1 aliphatic carbocycles. The molecule has 1 saturated carbocycles. The molecule has 2 aromatic carbocycles. The quantitative estimate of drug-likeness (QED) is 0.641. The van der Waals surface area contributed by atoms with E-state index in [-0.39, 0.29) is 18.9 Å². The third kappa shape index (κ3) is 5.23. The summed E-state index contributed by atoms with van der Waals surface area (Å²) < 4.78 is 29.1. The second kappa shape index (κ2) is 8.31. The van der Waals surface area contributed by atoms with Crippen molar-refractivity contribution < 1.29 is 17.9 Å². The lowest BCUT2D eigenvalue weighted by Crippen LogP contribution is -2.59. The van der Waals surface area contributed by atoms with E-state index < -0.39 is 20.7 Å². The molecule has 0 heterocycles. The molecule has 0 bridgehead atoms. The molecule has 0 unspecified atom stereocenters. The topological polar surface area (TPSA) is 63.7 Å². The Kier molecular flexibility index (Phi) is 6.07. The SMILES string of the molecule is O=C(OCc1ccccc1)N(Cc1ccccc1)C1(CS(=O)(=O)Cl)CCC1. The summed E-state index contributed by atoms with van der Waals surface area (Å²) in [6.45, 7) is 0.412. The Morgan fingerprint density at radius 2 is 1.56 bits per heavy atom. The Morgan fingerprint density at radius 3 is 2.04 bits per heavy atom. The van der Waals surface area contributed by atoms with Crippen LogP contribution in [0.1, 0.15) is 30.4 Å². The van der Waals surface area contributed by atoms with Gasteiger partial charge in [0.05, 0.1) is 11.3 Å². The molecule has 0 atom stereocenters. The molecule has 3 rings (SSSR count). The van der Waals surface area contributed by atoms with Gasteiger partial charge in [-0.15, -0.1) is 0 Å². The zero-order valence-electron chi connectivity index (χ0n) is 14.9. The highest BCUT2D eigenvalue weighted by molar-refractivity contribution is 8.13. The monoisotopic (exact) mass is 407 g/mol. The molecule has 7 heteroatoms. The Labute approximate surface area is 164 Å². The van der Waals surface area contributed by atoms with Crippen LogP contribution in [0, 0.1) is 0 Å². The van der Waals surface area contributed by atoms with Crippen molar-refractivity contribution in [2.45, 2.75) is 38.0 Å². The highest BCUT2D eigenvalue weighted by Gasteiger charge is 2.48. The maximum atomic E-state index is 12.9. The normalized spacial score (nSPS) is 15.6. The minimum atomic E-state index is -3.76. The largest absolute Gasteiger partial charge is 0.445 e. The van der Waals surface area contributed by atoms with Crippen LogP contribution in [0.2, 0.25) is 0 Å². The van der Waals surface area contributed by atoms with Crippen LogP contribution in [0.5, 0.6) is 0 Å². The zero-order chi connectivity index (χ0) is 19.3. The lowest BCUT2D eigenvalue weighted by atomic mass is 9.76. The first-order valence-corrected chi connectivity index (χ1v) is 11.3. The van der Waals surface area contributed by atoms with Crippen LogP contribution >= 0.6 is 10.7 Å². The minimum Gasteiger partial charge on any atom is -0.445 e. The van der Waals surface area contributed by atoms with Crippen molar-refractivity contribution in [3.63, 3.8) is 0 Å². The van der Waals surface area contributed by atoms with Gasteiger partial charge in [0, 0.05) is 17.2 Å². The van der Waals surface area contributed by atoms with Crippen LogP contribution in [0.3, 0.4) is 0 Å². The van der Waals surface area contributed by atoms with Gasteiger partial charge in [0.1, 0.15) is 6.61 Å². The van der Waals surface area contributed by atoms with E-state index in [4.69, 9.17) is 15.4 Å². The van der Waals surface area contributed by atoms with Gasteiger partial charge in [-0.3, -0.25) is 4.90 Å². The van der Waals surface area contributed by atoms with Crippen LogP contribution in [0.25, 0.3) is 0 Å². The van der Waals surface area contributed by atoms with Gasteiger partial charge in [-0.25, -0.2) is 13.2 Å². The summed E-state index contributed by atoms with van der Waals surface area (Å²) in [4.78, 5) is 14.4. The Balaban J connectivity index is 1.81. The predicted molar refractivity (Wildman–Crippen MR) is 105 cm³/mol. The van der Waals surface area contributed by atoms with Gasteiger partial charge in [0.25, 0.3) is 0 Å². The lowest BCUT2D eigenvalue weighted by Gasteiger charge is -2.48. The van der Waals surface area contributed by atoms with Crippen molar-refractivity contribution in [2.24, 2.45) is 0 Å². The first-order valence-electron chi connectivity index (χ1n) is 8.83. The van der Waals surface area contributed by atoms with E-state index in [1.54, 1.807) is 0 Å². The second-order valence-corrected chi connectivity index (χ2v) is 9.65. The number of halogens is 1. The number of rotatable bonds is 7. The molecule has 1 fully saturated rings. The van der Waals surface area contributed by atoms with Crippen molar-refractivity contribution in [3.05, 3.63) is 71.8 Å². The van der Waals surface area contributed by atoms with Crippen molar-refractivity contribution in [2.75, 3.05) is 5.75 Å². The minimum absolute atomic E-state index is 0.134. The van der Waals surface area contributed by atoms with E-state index in [0.29, 0.717) is 12.8 Å². The average Bonchev–Trinajstić information content (AvgIpc) is 2.62. The molecule has 27 heavy (non-hydrogen) atoms. The van der Waals surface area contributed by atoms with Crippen molar-refractivity contribution in [1.82, 2.24) is 4.90 Å². The molecule has 1 amide bonds. The fourth-order valence-electron chi connectivity index (χ4n) is 3.39. The Hall–Kier alpha value is -2.05. The number of hydrogen-bond donors (Lipinski definition) is 0. The third-order valence-electron chi connectivity index (χ3n) is 4.91. The molecule has 0 saturated heterocycles. The fourth-order valence-corrected chi connectivity index (χ4v) is 5.08. The number of benzene rings is 2. The molecule has 0 spiro atoms. The van der Waals surface area contributed by atoms with Gasteiger partial charge in [-0.05, 0) is 30.4 Å². The predicted octanol–water partition coefficient (Wildman–Crippen LogP) is 4.32. The third-order valence-corrected chi connectivity index (χ3v) is 6.12. The summed E-state index contributed by atoms with van der Waals surface area (Å²) in [5.41, 5.74) is 0.968. The highest BCUT2D eigenvalue weighted by atomic mass is 35.7. The summed E-state index contributed by atoms with van der Waals surface area (Å²) in [5, 5.41) is 0. The molecule has 0 radical (unpaired) electrons. The summed E-state index contributed by atoms with van der Waals surface area (Å²) in [7, 11) is 1.79. The van der Waals surface area contributed by atoms with Gasteiger partial charge in [-0.2, -0.15) is 0 Å². The van der Waals surface area contributed by atoms with E-state index in [1.807, 2.05) is 60.7 Å². The number of carbonyl (C=O) groups is 1. The summed E-state index contributed by atoms with van der Waals surface area (Å²) >= 11 is 0. The van der Waals surface area contributed by atoms with Gasteiger partial charge >= 0.3 is 6.09 Å². The van der Waals surface area contributed by atoms with Crippen LogP contribution in [0.15, 0.2) is 60.7 Å². The zero-order valence-corrected chi connectivity index (χ0v) is 16.5. The summed E-state index contributed by atoms with van der Waals surface area (Å²) in [6, 6.07) is 18.8. The van der Waals surface area contributed by atoms with Crippen molar-refractivity contribution >= 4 is 25.8 Å². The van der Waals surface area contributed by atoms with E-state index in [2.05, 4.69) is 0 Å². The van der Waals surface area contributed by atoms with Crippen molar-refractivity contribution in [3.8, 4) is 0 Å². The van der Waals surface area contributed by atoms with Crippen LogP contribution in [-0.2, 0) is 26.9 Å². The Morgan fingerprint density at radius 1 is 1.00 bits per heavy atom. The molecule has 0 N–H and O–H groups in total. The van der Waals surface area contributed by atoms with E-state index >= 15 is 0 Å². The molecule has 144 valence electrons. The molecule has 5 nitrogen and oxygen atoms in total. The van der Waals surface area contributed by atoms with Crippen LogP contribution in [-0.4, -0.2) is 30.7 Å². The highest BCUT2D eigenvalue weighted by Crippen LogP contribution is 2.41. The maximum absolute atomic E-state index is 12.9. The second-order valence-electron chi connectivity index (χ2n) is 6.87. The van der Waals surface area contributed by atoms with Crippen LogP contribution in [0.4, 0.5) is 4.79 Å². The maximum Gasteiger partial charge on any atom is 0.410 e. The number of ether oxygens (including phenoxy) is 1. The molecule has 0 aliphatic heterocycles. The number of carbonyl (C=O) groups excluding carboxylic acids is 1. The number of nitrogens with zero attached hydrogens (tertiary/aromatic N) is 1. The first kappa shape index (κ1) is 19.7. The standard InChI is InChI=1S/C20H22ClNO4S/c21-27(24,25)16-20(12-7-13-20)22(14-17-8-3-1-4-9-17)19(23)26-15-18-10-5-2-6-11-18/h1-6,8-11H,7,12-16H2. The molecular formula is C20H22ClNO4S. The number of hydrogen-bond acceptors (Lipinski definition) is 4. The fraction of sp³-hybridized carbons (Fsp3) is 0.350. The molecule has 0 aromatic heterocycles. The van der Waals surface area contributed by atoms with Crippen molar-refractivity contribution in [1.29, 1.82) is 0 Å². The molecule has 1 aliphatic rings. The number of amides is 1. The van der Waals surface area contributed by atoms with E-state index in [1.165, 1.54) is 4.90 Å². The van der Waals surface area contributed by atoms with E-state index in [9.17, 15) is 13.2 Å². The molecule has 2 aromatic rings. The summed E-state index contributed by atoms with van der Waals surface area (Å²) in [6.07, 6.45) is 1.50. The Bertz CT molecular complexity index is 867. The van der Waals surface area contributed by atoms with Gasteiger partial charge < -0.3 is 4.74 Å². The van der Waals surface area contributed by atoms with Gasteiger partial charge in [0.15, 0.2) is 0 Å². The van der Waals surface area contributed by atoms with Crippen LogP contribution < -0.4 is 0 Å². The first-order chi connectivity index (χ1) is 12.9. The smallest absolute Gasteiger partial charge is 0.410 e.